The summed E-state index contributed by atoms with van der Waals surface area (Å²) >= 11 is 0. The van der Waals surface area contributed by atoms with Gasteiger partial charge < -0.3 is 16.0 Å². The van der Waals surface area contributed by atoms with E-state index in [4.69, 9.17) is 11.5 Å². The third kappa shape index (κ3) is 2.28. The number of rotatable bonds is 4. The highest BCUT2D eigenvalue weighted by Crippen LogP contribution is 2.22. The van der Waals surface area contributed by atoms with Gasteiger partial charge in [0.1, 0.15) is 5.54 Å². The van der Waals surface area contributed by atoms with Gasteiger partial charge in [0, 0.05) is 0 Å². The molecule has 5 nitrogen and oxygen atoms in total. The van der Waals surface area contributed by atoms with Crippen molar-refractivity contribution in [1.82, 2.24) is 9.55 Å². The summed E-state index contributed by atoms with van der Waals surface area (Å²) in [6.45, 7) is 0.243. The summed E-state index contributed by atoms with van der Waals surface area (Å²) in [4.78, 5) is 16.3. The highest BCUT2D eigenvalue weighted by Gasteiger charge is 2.34. The van der Waals surface area contributed by atoms with Crippen LogP contribution in [0.1, 0.15) is 5.56 Å². The van der Waals surface area contributed by atoms with Crippen molar-refractivity contribution in [3.8, 4) is 0 Å². The van der Waals surface area contributed by atoms with Crippen LogP contribution in [0.25, 0.3) is 11.0 Å². The van der Waals surface area contributed by atoms with Crippen LogP contribution in [0, 0.1) is 0 Å². The second-order valence-corrected chi connectivity index (χ2v) is 5.06. The number of nitrogens with zero attached hydrogens (tertiary/aromatic N) is 2. The minimum absolute atomic E-state index is 0.243. The van der Waals surface area contributed by atoms with Crippen LogP contribution in [0.15, 0.2) is 60.9 Å². The highest BCUT2D eigenvalue weighted by molar-refractivity contribution is 5.86. The molecule has 0 spiro atoms. The Hall–Kier alpha value is -2.66. The molecule has 0 bridgehead atoms. The number of aromatic nitrogens is 2. The Morgan fingerprint density at radius 3 is 2.48 bits per heavy atom. The van der Waals surface area contributed by atoms with Gasteiger partial charge >= 0.3 is 0 Å². The van der Waals surface area contributed by atoms with E-state index >= 15 is 0 Å². The van der Waals surface area contributed by atoms with Gasteiger partial charge in [-0.05, 0) is 17.7 Å². The molecular formula is C16H16N4O. The monoisotopic (exact) mass is 280 g/mol. The number of amides is 1. The molecule has 1 heterocycles. The van der Waals surface area contributed by atoms with Gasteiger partial charge in [0.2, 0.25) is 5.91 Å². The van der Waals surface area contributed by atoms with Crippen LogP contribution < -0.4 is 11.5 Å². The number of para-hydroxylation sites is 2. The molecule has 0 saturated carbocycles. The molecule has 5 heteroatoms. The van der Waals surface area contributed by atoms with E-state index in [0.717, 1.165) is 11.0 Å². The summed E-state index contributed by atoms with van der Waals surface area (Å²) in [7, 11) is 0. The SMILES string of the molecule is NC(=O)C(N)(Cn1cnc2ccccc21)c1ccccc1. The summed E-state index contributed by atoms with van der Waals surface area (Å²) in [6.07, 6.45) is 1.68. The number of imidazole rings is 1. The molecule has 0 aliphatic rings. The largest absolute Gasteiger partial charge is 0.368 e. The number of primary amides is 1. The van der Waals surface area contributed by atoms with E-state index in [-0.39, 0.29) is 6.54 Å². The Labute approximate surface area is 122 Å². The predicted molar refractivity (Wildman–Crippen MR) is 81.2 cm³/mol. The first-order valence-electron chi connectivity index (χ1n) is 6.65. The van der Waals surface area contributed by atoms with Crippen molar-refractivity contribution in [1.29, 1.82) is 0 Å². The van der Waals surface area contributed by atoms with Crippen LogP contribution in [0.5, 0.6) is 0 Å². The second kappa shape index (κ2) is 5.03. The Balaban J connectivity index is 2.06. The first-order chi connectivity index (χ1) is 10.1. The van der Waals surface area contributed by atoms with Crippen LogP contribution in [-0.4, -0.2) is 15.5 Å². The number of benzene rings is 2. The van der Waals surface area contributed by atoms with Crippen molar-refractivity contribution in [2.75, 3.05) is 0 Å². The average molecular weight is 280 g/mol. The van der Waals surface area contributed by atoms with Crippen molar-refractivity contribution >= 4 is 16.9 Å². The Morgan fingerprint density at radius 2 is 1.76 bits per heavy atom. The van der Waals surface area contributed by atoms with Crippen LogP contribution >= 0.6 is 0 Å². The molecule has 0 radical (unpaired) electrons. The number of hydrogen-bond acceptors (Lipinski definition) is 3. The fourth-order valence-electron chi connectivity index (χ4n) is 2.45. The number of carbonyl (C=O) groups is 1. The minimum atomic E-state index is -1.27. The minimum Gasteiger partial charge on any atom is -0.368 e. The summed E-state index contributed by atoms with van der Waals surface area (Å²) in [5.41, 5.74) is 13.1. The molecule has 1 atom stereocenters. The van der Waals surface area contributed by atoms with E-state index in [0.29, 0.717) is 5.56 Å². The molecule has 3 aromatic rings. The Bertz CT molecular complexity index is 781. The van der Waals surface area contributed by atoms with Gasteiger partial charge in [-0.25, -0.2) is 4.98 Å². The third-order valence-electron chi connectivity index (χ3n) is 3.68. The first-order valence-corrected chi connectivity index (χ1v) is 6.65. The lowest BCUT2D eigenvalue weighted by atomic mass is 9.90. The standard InChI is InChI=1S/C16H16N4O/c17-15(21)16(18,12-6-2-1-3-7-12)10-20-11-19-13-8-4-5-9-14(13)20/h1-9,11H,10,18H2,(H2,17,21). The zero-order chi connectivity index (χ0) is 14.9. The van der Waals surface area contributed by atoms with Gasteiger partial charge in [0.05, 0.1) is 23.9 Å². The third-order valence-corrected chi connectivity index (χ3v) is 3.68. The van der Waals surface area contributed by atoms with E-state index < -0.39 is 11.4 Å². The summed E-state index contributed by atoms with van der Waals surface area (Å²) in [5, 5.41) is 0. The van der Waals surface area contributed by atoms with Crippen LogP contribution in [0.2, 0.25) is 0 Å². The normalized spacial score (nSPS) is 14.0. The van der Waals surface area contributed by atoms with E-state index in [1.165, 1.54) is 0 Å². The zero-order valence-electron chi connectivity index (χ0n) is 11.4. The van der Waals surface area contributed by atoms with Gasteiger partial charge in [0.15, 0.2) is 0 Å². The van der Waals surface area contributed by atoms with Crippen molar-refractivity contribution in [2.24, 2.45) is 11.5 Å². The van der Waals surface area contributed by atoms with E-state index in [9.17, 15) is 4.79 Å². The Morgan fingerprint density at radius 1 is 1.10 bits per heavy atom. The maximum atomic E-state index is 11.9. The van der Waals surface area contributed by atoms with Crippen LogP contribution in [0.4, 0.5) is 0 Å². The molecule has 0 fully saturated rings. The van der Waals surface area contributed by atoms with Crippen molar-refractivity contribution in [2.45, 2.75) is 12.1 Å². The summed E-state index contributed by atoms with van der Waals surface area (Å²) < 4.78 is 1.85. The Kier molecular flexibility index (Phi) is 3.19. The van der Waals surface area contributed by atoms with E-state index in [1.807, 2.05) is 59.2 Å². The molecule has 1 unspecified atom stereocenters. The molecular weight excluding hydrogens is 264 g/mol. The predicted octanol–water partition coefficient (Wildman–Crippen LogP) is 1.38. The lowest BCUT2D eigenvalue weighted by Crippen LogP contribution is -2.52. The zero-order valence-corrected chi connectivity index (χ0v) is 11.4. The van der Waals surface area contributed by atoms with Gasteiger partial charge in [-0.1, -0.05) is 42.5 Å². The van der Waals surface area contributed by atoms with Gasteiger partial charge in [0.25, 0.3) is 0 Å². The molecule has 1 aromatic heterocycles. The van der Waals surface area contributed by atoms with Crippen molar-refractivity contribution < 1.29 is 4.79 Å². The highest BCUT2D eigenvalue weighted by atomic mass is 16.1. The van der Waals surface area contributed by atoms with Gasteiger partial charge in [-0.2, -0.15) is 0 Å². The molecule has 4 N–H and O–H groups in total. The first kappa shape index (κ1) is 13.3. The smallest absolute Gasteiger partial charge is 0.243 e. The molecule has 3 rings (SSSR count). The van der Waals surface area contributed by atoms with E-state index in [1.54, 1.807) is 6.33 Å². The number of nitrogens with two attached hydrogens (primary N) is 2. The van der Waals surface area contributed by atoms with Gasteiger partial charge in [-0.3, -0.25) is 4.79 Å². The number of hydrogen-bond donors (Lipinski definition) is 2. The number of carbonyl (C=O) groups excluding carboxylic acids is 1. The maximum absolute atomic E-state index is 11.9. The van der Waals surface area contributed by atoms with E-state index in [2.05, 4.69) is 4.98 Å². The topological polar surface area (TPSA) is 86.9 Å². The number of fused-ring (bicyclic) bond motifs is 1. The second-order valence-electron chi connectivity index (χ2n) is 5.06. The molecule has 106 valence electrons. The lowest BCUT2D eigenvalue weighted by Gasteiger charge is -2.27. The molecule has 21 heavy (non-hydrogen) atoms. The fraction of sp³-hybridized carbons (Fsp3) is 0.125. The van der Waals surface area contributed by atoms with Gasteiger partial charge in [-0.15, -0.1) is 0 Å². The molecule has 2 aromatic carbocycles. The quantitative estimate of drug-likeness (QED) is 0.756. The molecule has 0 aliphatic carbocycles. The molecule has 1 amide bonds. The molecule has 0 aliphatic heterocycles. The van der Waals surface area contributed by atoms with Crippen molar-refractivity contribution in [3.63, 3.8) is 0 Å². The fourth-order valence-corrected chi connectivity index (χ4v) is 2.45. The van der Waals surface area contributed by atoms with Crippen molar-refractivity contribution in [3.05, 3.63) is 66.5 Å². The van der Waals surface area contributed by atoms with Crippen LogP contribution in [0.3, 0.4) is 0 Å². The van der Waals surface area contributed by atoms with Crippen LogP contribution in [-0.2, 0) is 16.9 Å². The maximum Gasteiger partial charge on any atom is 0.243 e. The average Bonchev–Trinajstić information content (AvgIpc) is 2.91. The molecule has 0 saturated heterocycles. The summed E-state index contributed by atoms with van der Waals surface area (Å²) in [6, 6.07) is 16.9. The summed E-state index contributed by atoms with van der Waals surface area (Å²) in [5.74, 6) is -0.563. The lowest BCUT2D eigenvalue weighted by molar-refractivity contribution is -0.123.